The highest BCUT2D eigenvalue weighted by atomic mass is 32.1. The SMILES string of the molecule is Cc1nsc(N2CCN(C(=O)C3C4CCC(C4)C3N)CC2)n1. The third-order valence-electron chi connectivity index (χ3n) is 5.64. The summed E-state index contributed by atoms with van der Waals surface area (Å²) in [6.45, 7) is 5.15. The second kappa shape index (κ2) is 5.45. The summed E-state index contributed by atoms with van der Waals surface area (Å²) in [4.78, 5) is 21.5. The van der Waals surface area contributed by atoms with Crippen LogP contribution in [0.3, 0.4) is 0 Å². The molecule has 2 heterocycles. The average molecular weight is 321 g/mol. The summed E-state index contributed by atoms with van der Waals surface area (Å²) in [5, 5.41) is 0.973. The largest absolute Gasteiger partial charge is 0.343 e. The minimum Gasteiger partial charge on any atom is -0.343 e. The lowest BCUT2D eigenvalue weighted by Crippen LogP contribution is -2.54. The van der Waals surface area contributed by atoms with Gasteiger partial charge in [0.15, 0.2) is 0 Å². The maximum atomic E-state index is 12.8. The Labute approximate surface area is 134 Å². The van der Waals surface area contributed by atoms with Crippen LogP contribution < -0.4 is 10.6 Å². The van der Waals surface area contributed by atoms with Crippen LogP contribution in [-0.4, -0.2) is 52.4 Å². The Bertz CT molecular complexity index is 566. The molecule has 4 unspecified atom stereocenters. The average Bonchev–Trinajstić information content (AvgIpc) is 3.23. The number of hydrogen-bond donors (Lipinski definition) is 1. The quantitative estimate of drug-likeness (QED) is 0.875. The number of aromatic nitrogens is 2. The van der Waals surface area contributed by atoms with Crippen LogP contribution in [0.4, 0.5) is 5.13 Å². The predicted molar refractivity (Wildman–Crippen MR) is 85.7 cm³/mol. The molecule has 2 aliphatic carbocycles. The molecule has 22 heavy (non-hydrogen) atoms. The number of nitrogens with two attached hydrogens (primary N) is 1. The topological polar surface area (TPSA) is 75.4 Å². The van der Waals surface area contributed by atoms with Crippen molar-refractivity contribution in [2.45, 2.75) is 32.2 Å². The Morgan fingerprint density at radius 2 is 1.95 bits per heavy atom. The van der Waals surface area contributed by atoms with Gasteiger partial charge in [-0.2, -0.15) is 4.37 Å². The summed E-state index contributed by atoms with van der Waals surface area (Å²) in [5.74, 6) is 2.33. The van der Waals surface area contributed by atoms with Gasteiger partial charge in [-0.1, -0.05) is 0 Å². The van der Waals surface area contributed by atoms with E-state index in [9.17, 15) is 4.79 Å². The number of piperazine rings is 1. The highest BCUT2D eigenvalue weighted by molar-refractivity contribution is 7.09. The van der Waals surface area contributed by atoms with Gasteiger partial charge in [-0.05, 0) is 38.0 Å². The summed E-state index contributed by atoms with van der Waals surface area (Å²) in [6, 6.07) is 0.0927. The zero-order chi connectivity index (χ0) is 15.3. The molecule has 120 valence electrons. The Morgan fingerprint density at radius 3 is 2.55 bits per heavy atom. The van der Waals surface area contributed by atoms with Crippen LogP contribution in [0, 0.1) is 24.7 Å². The number of nitrogens with zero attached hydrogens (tertiary/aromatic N) is 4. The fourth-order valence-corrected chi connectivity index (χ4v) is 5.17. The van der Waals surface area contributed by atoms with E-state index in [0.29, 0.717) is 17.7 Å². The first-order valence-electron chi connectivity index (χ1n) is 8.23. The molecule has 1 aliphatic heterocycles. The number of rotatable bonds is 2. The van der Waals surface area contributed by atoms with Crippen LogP contribution in [0.25, 0.3) is 0 Å². The third kappa shape index (κ3) is 2.31. The summed E-state index contributed by atoms with van der Waals surface area (Å²) in [6.07, 6.45) is 3.58. The van der Waals surface area contributed by atoms with Gasteiger partial charge in [-0.3, -0.25) is 4.79 Å². The first-order chi connectivity index (χ1) is 10.6. The maximum Gasteiger partial charge on any atom is 0.227 e. The third-order valence-corrected chi connectivity index (χ3v) is 6.51. The summed E-state index contributed by atoms with van der Waals surface area (Å²) in [7, 11) is 0. The van der Waals surface area contributed by atoms with E-state index in [1.807, 2.05) is 11.8 Å². The molecule has 2 N–H and O–H groups in total. The van der Waals surface area contributed by atoms with Crippen molar-refractivity contribution >= 4 is 22.6 Å². The van der Waals surface area contributed by atoms with Crippen molar-refractivity contribution in [3.05, 3.63) is 5.82 Å². The van der Waals surface area contributed by atoms with E-state index < -0.39 is 0 Å². The second-order valence-corrected chi connectivity index (χ2v) is 7.60. The van der Waals surface area contributed by atoms with E-state index in [1.165, 1.54) is 30.8 Å². The number of hydrogen-bond acceptors (Lipinski definition) is 6. The number of aryl methyl sites for hydroxylation is 1. The van der Waals surface area contributed by atoms with E-state index >= 15 is 0 Å². The zero-order valence-electron chi connectivity index (χ0n) is 12.9. The Kier molecular flexibility index (Phi) is 3.57. The first kappa shape index (κ1) is 14.4. The van der Waals surface area contributed by atoms with Gasteiger partial charge in [0.05, 0.1) is 5.92 Å². The van der Waals surface area contributed by atoms with Gasteiger partial charge in [0.2, 0.25) is 11.0 Å². The molecule has 1 saturated heterocycles. The molecule has 7 heteroatoms. The Morgan fingerprint density at radius 1 is 1.23 bits per heavy atom. The standard InChI is InChI=1S/C15H23N5OS/c1-9-17-15(22-18-9)20-6-4-19(5-7-20)14(21)12-10-2-3-11(8-10)13(12)16/h10-13H,2-8,16H2,1H3. The Hall–Kier alpha value is -1.21. The van der Waals surface area contributed by atoms with Crippen LogP contribution in [-0.2, 0) is 4.79 Å². The molecule has 1 amide bonds. The highest BCUT2D eigenvalue weighted by Gasteiger charge is 2.50. The normalized spacial score (nSPS) is 34.5. The van der Waals surface area contributed by atoms with Crippen molar-refractivity contribution in [1.82, 2.24) is 14.3 Å². The first-order valence-corrected chi connectivity index (χ1v) is 9.00. The van der Waals surface area contributed by atoms with Gasteiger partial charge in [-0.25, -0.2) is 4.98 Å². The molecule has 1 aromatic rings. The van der Waals surface area contributed by atoms with Gasteiger partial charge in [-0.15, -0.1) is 0 Å². The summed E-state index contributed by atoms with van der Waals surface area (Å²) >= 11 is 1.44. The number of fused-ring (bicyclic) bond motifs is 2. The monoisotopic (exact) mass is 321 g/mol. The van der Waals surface area contributed by atoms with Crippen molar-refractivity contribution in [2.75, 3.05) is 31.1 Å². The van der Waals surface area contributed by atoms with E-state index in [-0.39, 0.29) is 12.0 Å². The van der Waals surface area contributed by atoms with Crippen molar-refractivity contribution in [1.29, 1.82) is 0 Å². The molecule has 3 aliphatic rings. The van der Waals surface area contributed by atoms with Gasteiger partial charge >= 0.3 is 0 Å². The molecule has 2 bridgehead atoms. The van der Waals surface area contributed by atoms with E-state index in [4.69, 9.17) is 5.73 Å². The summed E-state index contributed by atoms with van der Waals surface area (Å²) in [5.41, 5.74) is 6.32. The van der Waals surface area contributed by atoms with Crippen molar-refractivity contribution in [3.63, 3.8) is 0 Å². The maximum absolute atomic E-state index is 12.8. The molecule has 6 nitrogen and oxygen atoms in total. The molecule has 1 aromatic heterocycles. The molecule has 3 fully saturated rings. The molecule has 0 spiro atoms. The fourth-order valence-electron chi connectivity index (χ4n) is 4.45. The zero-order valence-corrected chi connectivity index (χ0v) is 13.8. The van der Waals surface area contributed by atoms with Gasteiger partial charge < -0.3 is 15.5 Å². The van der Waals surface area contributed by atoms with E-state index in [2.05, 4.69) is 14.3 Å². The number of anilines is 1. The highest BCUT2D eigenvalue weighted by Crippen LogP contribution is 2.48. The van der Waals surface area contributed by atoms with Crippen LogP contribution in [0.5, 0.6) is 0 Å². The number of carbonyl (C=O) groups excluding carboxylic acids is 1. The molecular formula is C15H23N5OS. The Balaban J connectivity index is 1.38. The second-order valence-electron chi connectivity index (χ2n) is 6.87. The molecule has 0 aromatic carbocycles. The molecule has 0 radical (unpaired) electrons. The number of carbonyl (C=O) groups is 1. The van der Waals surface area contributed by atoms with Gasteiger partial charge in [0.25, 0.3) is 0 Å². The summed E-state index contributed by atoms with van der Waals surface area (Å²) < 4.78 is 4.24. The van der Waals surface area contributed by atoms with Crippen molar-refractivity contribution in [2.24, 2.45) is 23.5 Å². The molecule has 4 atom stereocenters. The van der Waals surface area contributed by atoms with E-state index in [1.54, 1.807) is 0 Å². The molecule has 2 saturated carbocycles. The van der Waals surface area contributed by atoms with Gasteiger partial charge in [0, 0.05) is 43.8 Å². The lowest BCUT2D eigenvalue weighted by Gasteiger charge is -2.38. The van der Waals surface area contributed by atoms with Crippen molar-refractivity contribution in [3.8, 4) is 0 Å². The number of amides is 1. The van der Waals surface area contributed by atoms with Crippen LogP contribution in [0.1, 0.15) is 25.1 Å². The minimum absolute atomic E-state index is 0.0778. The van der Waals surface area contributed by atoms with Crippen LogP contribution >= 0.6 is 11.5 Å². The van der Waals surface area contributed by atoms with Crippen LogP contribution in [0.15, 0.2) is 0 Å². The predicted octanol–water partition coefficient (Wildman–Crippen LogP) is 0.869. The van der Waals surface area contributed by atoms with Gasteiger partial charge in [0.1, 0.15) is 5.82 Å². The molecule has 4 rings (SSSR count). The lowest BCUT2D eigenvalue weighted by molar-refractivity contribution is -0.138. The fraction of sp³-hybridized carbons (Fsp3) is 0.800. The minimum atomic E-state index is 0.0778. The lowest BCUT2D eigenvalue weighted by atomic mass is 9.84. The van der Waals surface area contributed by atoms with E-state index in [0.717, 1.165) is 37.1 Å². The molecular weight excluding hydrogens is 298 g/mol. The smallest absolute Gasteiger partial charge is 0.227 e. The van der Waals surface area contributed by atoms with Crippen LogP contribution in [0.2, 0.25) is 0 Å². The van der Waals surface area contributed by atoms with Crippen molar-refractivity contribution < 1.29 is 4.79 Å².